The number of anilines is 1. The molecule has 0 fully saturated rings. The van der Waals surface area contributed by atoms with Crippen molar-refractivity contribution >= 4 is 22.6 Å². The molecule has 0 saturated heterocycles. The molecule has 5 nitrogen and oxygen atoms in total. The maximum atomic E-state index is 13.9. The van der Waals surface area contributed by atoms with Gasteiger partial charge in [-0.05, 0) is 37.3 Å². The van der Waals surface area contributed by atoms with Gasteiger partial charge in [0.25, 0.3) is 5.91 Å². The van der Waals surface area contributed by atoms with E-state index >= 15 is 0 Å². The number of aromatic nitrogens is 1. The SMILES string of the molecule is Cc1c(C(=O)Nc2cccc(OCc3ccccn3)c2)oc2c(F)cccc12. The van der Waals surface area contributed by atoms with Gasteiger partial charge in [0.1, 0.15) is 12.4 Å². The first kappa shape index (κ1) is 17.7. The molecule has 2 aromatic carbocycles. The topological polar surface area (TPSA) is 64.4 Å². The van der Waals surface area contributed by atoms with Crippen LogP contribution in [0.1, 0.15) is 21.8 Å². The molecule has 28 heavy (non-hydrogen) atoms. The van der Waals surface area contributed by atoms with Crippen molar-refractivity contribution < 1.29 is 18.3 Å². The highest BCUT2D eigenvalue weighted by Crippen LogP contribution is 2.28. The molecule has 4 aromatic rings. The van der Waals surface area contributed by atoms with Crippen LogP contribution in [0.3, 0.4) is 0 Å². The fourth-order valence-electron chi connectivity index (χ4n) is 2.92. The van der Waals surface area contributed by atoms with E-state index in [1.807, 2.05) is 18.2 Å². The average Bonchev–Trinajstić information content (AvgIpc) is 3.06. The largest absolute Gasteiger partial charge is 0.487 e. The van der Waals surface area contributed by atoms with E-state index in [9.17, 15) is 9.18 Å². The maximum Gasteiger partial charge on any atom is 0.291 e. The van der Waals surface area contributed by atoms with E-state index < -0.39 is 11.7 Å². The first-order valence-corrected chi connectivity index (χ1v) is 8.73. The van der Waals surface area contributed by atoms with Crippen molar-refractivity contribution in [3.63, 3.8) is 0 Å². The first-order valence-electron chi connectivity index (χ1n) is 8.73. The number of rotatable bonds is 5. The van der Waals surface area contributed by atoms with Gasteiger partial charge in [-0.15, -0.1) is 0 Å². The molecule has 0 atom stereocenters. The molecule has 0 saturated carbocycles. The number of nitrogens with one attached hydrogen (secondary N) is 1. The van der Waals surface area contributed by atoms with E-state index in [2.05, 4.69) is 10.3 Å². The van der Waals surface area contributed by atoms with Crippen molar-refractivity contribution in [1.29, 1.82) is 0 Å². The van der Waals surface area contributed by atoms with Crippen LogP contribution in [-0.4, -0.2) is 10.9 Å². The lowest BCUT2D eigenvalue weighted by atomic mass is 10.1. The highest BCUT2D eigenvalue weighted by Gasteiger charge is 2.19. The second-order valence-electron chi connectivity index (χ2n) is 6.26. The Morgan fingerprint density at radius 2 is 2.00 bits per heavy atom. The number of aryl methyl sites for hydroxylation is 1. The van der Waals surface area contributed by atoms with Crippen molar-refractivity contribution in [1.82, 2.24) is 4.98 Å². The Morgan fingerprint density at radius 1 is 1.14 bits per heavy atom. The second kappa shape index (κ2) is 7.52. The summed E-state index contributed by atoms with van der Waals surface area (Å²) in [7, 11) is 0. The fraction of sp³-hybridized carbons (Fsp3) is 0.0909. The molecule has 140 valence electrons. The van der Waals surface area contributed by atoms with Crippen LogP contribution in [0.5, 0.6) is 5.75 Å². The van der Waals surface area contributed by atoms with E-state index in [1.54, 1.807) is 49.5 Å². The molecular formula is C22H17FN2O3. The van der Waals surface area contributed by atoms with Crippen LogP contribution >= 0.6 is 0 Å². The third-order valence-electron chi connectivity index (χ3n) is 4.33. The number of halogens is 1. The van der Waals surface area contributed by atoms with Crippen LogP contribution in [0, 0.1) is 12.7 Å². The van der Waals surface area contributed by atoms with Crippen LogP contribution in [0.25, 0.3) is 11.0 Å². The Balaban J connectivity index is 1.51. The van der Waals surface area contributed by atoms with Crippen LogP contribution < -0.4 is 10.1 Å². The lowest BCUT2D eigenvalue weighted by Gasteiger charge is -2.08. The zero-order chi connectivity index (χ0) is 19.5. The molecule has 2 heterocycles. The summed E-state index contributed by atoms with van der Waals surface area (Å²) < 4.78 is 25.1. The van der Waals surface area contributed by atoms with E-state index in [4.69, 9.17) is 9.15 Å². The van der Waals surface area contributed by atoms with Gasteiger partial charge >= 0.3 is 0 Å². The number of hydrogen-bond acceptors (Lipinski definition) is 4. The Bertz CT molecular complexity index is 1140. The van der Waals surface area contributed by atoms with Crippen molar-refractivity contribution in [2.45, 2.75) is 13.5 Å². The quantitative estimate of drug-likeness (QED) is 0.526. The molecule has 4 rings (SSSR count). The van der Waals surface area contributed by atoms with Gasteiger partial charge in [-0.1, -0.05) is 24.3 Å². The van der Waals surface area contributed by atoms with Crippen molar-refractivity contribution in [3.05, 3.63) is 89.7 Å². The number of carbonyl (C=O) groups is 1. The zero-order valence-corrected chi connectivity index (χ0v) is 15.1. The molecular weight excluding hydrogens is 359 g/mol. The minimum Gasteiger partial charge on any atom is -0.487 e. The van der Waals surface area contributed by atoms with Gasteiger partial charge < -0.3 is 14.5 Å². The number of hydrogen-bond donors (Lipinski definition) is 1. The van der Waals surface area contributed by atoms with Crippen molar-refractivity contribution in [2.24, 2.45) is 0 Å². The third kappa shape index (κ3) is 3.57. The van der Waals surface area contributed by atoms with E-state index in [0.717, 1.165) is 5.69 Å². The molecule has 1 amide bonds. The highest BCUT2D eigenvalue weighted by atomic mass is 19.1. The van der Waals surface area contributed by atoms with Crippen LogP contribution in [0.2, 0.25) is 0 Å². The summed E-state index contributed by atoms with van der Waals surface area (Å²) in [6, 6.07) is 17.2. The predicted molar refractivity (Wildman–Crippen MR) is 104 cm³/mol. The molecule has 0 bridgehead atoms. The zero-order valence-electron chi connectivity index (χ0n) is 15.1. The number of furan rings is 1. The van der Waals surface area contributed by atoms with Crippen molar-refractivity contribution in [2.75, 3.05) is 5.32 Å². The van der Waals surface area contributed by atoms with Gasteiger partial charge in [-0.25, -0.2) is 4.39 Å². The van der Waals surface area contributed by atoms with Crippen LogP contribution in [0.4, 0.5) is 10.1 Å². The summed E-state index contributed by atoms with van der Waals surface area (Å²) in [5.41, 5.74) is 2.02. The number of pyridine rings is 1. The van der Waals surface area contributed by atoms with E-state index in [1.165, 1.54) is 6.07 Å². The monoisotopic (exact) mass is 376 g/mol. The summed E-state index contributed by atoms with van der Waals surface area (Å²) in [6.07, 6.45) is 1.70. The number of para-hydroxylation sites is 1. The summed E-state index contributed by atoms with van der Waals surface area (Å²) >= 11 is 0. The standard InChI is InChI=1S/C22H17FN2O3/c1-14-18-9-5-10-19(23)21(18)28-20(14)22(26)25-15-7-4-8-17(12-15)27-13-16-6-2-3-11-24-16/h2-12H,13H2,1H3,(H,25,26). The highest BCUT2D eigenvalue weighted by molar-refractivity contribution is 6.06. The normalized spacial score (nSPS) is 10.8. The number of ether oxygens (including phenoxy) is 1. The Kier molecular flexibility index (Phi) is 4.76. The fourth-order valence-corrected chi connectivity index (χ4v) is 2.92. The molecule has 0 aliphatic heterocycles. The average molecular weight is 376 g/mol. The molecule has 2 aromatic heterocycles. The number of amides is 1. The molecule has 0 unspecified atom stereocenters. The lowest BCUT2D eigenvalue weighted by molar-refractivity contribution is 0.0997. The van der Waals surface area contributed by atoms with Crippen LogP contribution in [0.15, 0.2) is 71.3 Å². The number of carbonyl (C=O) groups excluding carboxylic acids is 1. The molecule has 0 aliphatic carbocycles. The Hall–Kier alpha value is -3.67. The lowest BCUT2D eigenvalue weighted by Crippen LogP contribution is -2.12. The number of benzene rings is 2. The predicted octanol–water partition coefficient (Wildman–Crippen LogP) is 5.11. The molecule has 0 radical (unpaired) electrons. The Labute approximate surface area is 160 Å². The maximum absolute atomic E-state index is 13.9. The molecule has 6 heteroatoms. The summed E-state index contributed by atoms with van der Waals surface area (Å²) in [6.45, 7) is 2.05. The second-order valence-corrected chi connectivity index (χ2v) is 6.26. The smallest absolute Gasteiger partial charge is 0.291 e. The van der Waals surface area contributed by atoms with Gasteiger partial charge in [-0.3, -0.25) is 9.78 Å². The summed E-state index contributed by atoms with van der Waals surface area (Å²) in [5, 5.41) is 3.35. The minimum atomic E-state index is -0.496. The third-order valence-corrected chi connectivity index (χ3v) is 4.33. The molecule has 0 aliphatic rings. The molecule has 0 spiro atoms. The van der Waals surface area contributed by atoms with E-state index in [0.29, 0.717) is 29.0 Å². The minimum absolute atomic E-state index is 0.0811. The number of fused-ring (bicyclic) bond motifs is 1. The van der Waals surface area contributed by atoms with Crippen molar-refractivity contribution in [3.8, 4) is 5.75 Å². The van der Waals surface area contributed by atoms with Gasteiger partial charge in [0.2, 0.25) is 0 Å². The molecule has 1 N–H and O–H groups in total. The summed E-state index contributed by atoms with van der Waals surface area (Å²) in [4.78, 5) is 16.8. The van der Waals surface area contributed by atoms with Gasteiger partial charge in [0, 0.05) is 28.9 Å². The van der Waals surface area contributed by atoms with Crippen LogP contribution in [-0.2, 0) is 6.61 Å². The summed E-state index contributed by atoms with van der Waals surface area (Å²) in [5.74, 6) is -0.268. The first-order chi connectivity index (χ1) is 13.6. The number of nitrogens with zero attached hydrogens (tertiary/aromatic N) is 1. The Morgan fingerprint density at radius 3 is 2.79 bits per heavy atom. The van der Waals surface area contributed by atoms with E-state index in [-0.39, 0.29) is 11.3 Å². The van der Waals surface area contributed by atoms with Gasteiger partial charge in [0.15, 0.2) is 17.2 Å². The van der Waals surface area contributed by atoms with Gasteiger partial charge in [-0.2, -0.15) is 0 Å². The van der Waals surface area contributed by atoms with Gasteiger partial charge in [0.05, 0.1) is 5.69 Å².